The predicted molar refractivity (Wildman–Crippen MR) is 190 cm³/mol. The van der Waals surface area contributed by atoms with Gasteiger partial charge < -0.3 is 25.0 Å². The van der Waals surface area contributed by atoms with E-state index in [-0.39, 0.29) is 31.2 Å². The van der Waals surface area contributed by atoms with Crippen LogP contribution in [0, 0.1) is 0 Å². The first-order valence-corrected chi connectivity index (χ1v) is 18.6. The van der Waals surface area contributed by atoms with E-state index in [1.54, 1.807) is 52.0 Å². The number of hydrogen-bond acceptors (Lipinski definition) is 7. The molecule has 1 heterocycles. The van der Waals surface area contributed by atoms with Gasteiger partial charge in [0.15, 0.2) is 0 Å². The summed E-state index contributed by atoms with van der Waals surface area (Å²) in [5.41, 5.74) is -1.25. The van der Waals surface area contributed by atoms with E-state index < -0.39 is 50.7 Å². The molecular formula is C36H49ClN4O7S. The number of likely N-dealkylation sites (N-methyl/N-ethyl adjacent to an activating group) is 1. The van der Waals surface area contributed by atoms with Crippen LogP contribution < -0.4 is 15.4 Å². The van der Waals surface area contributed by atoms with Crippen molar-refractivity contribution in [3.8, 4) is 0 Å². The molecule has 1 atom stereocenters. The van der Waals surface area contributed by atoms with E-state index in [2.05, 4.69) is 15.4 Å². The first kappa shape index (κ1) is 38.4. The van der Waals surface area contributed by atoms with Crippen molar-refractivity contribution in [1.29, 1.82) is 0 Å². The molecule has 13 heteroatoms. The van der Waals surface area contributed by atoms with E-state index >= 15 is 0 Å². The van der Waals surface area contributed by atoms with Gasteiger partial charge in [0, 0.05) is 23.7 Å². The van der Waals surface area contributed by atoms with Crippen molar-refractivity contribution in [1.82, 2.24) is 20.3 Å². The number of benzene rings is 2. The zero-order chi connectivity index (χ0) is 36.0. The molecule has 2 aromatic rings. The van der Waals surface area contributed by atoms with E-state index in [4.69, 9.17) is 21.1 Å². The van der Waals surface area contributed by atoms with Crippen LogP contribution in [0.25, 0.3) is 4.91 Å². The van der Waals surface area contributed by atoms with Gasteiger partial charge in [-0.3, -0.25) is 9.59 Å². The number of ether oxygens (including phenoxy) is 2. The van der Waals surface area contributed by atoms with Crippen molar-refractivity contribution in [2.75, 3.05) is 19.7 Å². The molecule has 49 heavy (non-hydrogen) atoms. The third-order valence-electron chi connectivity index (χ3n) is 8.70. The smallest absolute Gasteiger partial charge is 0.408 e. The SMILES string of the molecule is CCN(CC1=C(c2ccccc2Cl)S(=O)(=O)NC12CCCCC2)C(=O)[C@@H](COCc1ccccc1)NC(=O)C(C)(C)NC(=O)OC(C)(C)C. The van der Waals surface area contributed by atoms with Crippen molar-refractivity contribution >= 4 is 44.4 Å². The Balaban J connectivity index is 1.67. The fraction of sp³-hybridized carbons (Fsp3) is 0.528. The maximum absolute atomic E-state index is 14.4. The molecule has 3 amide bonds. The second kappa shape index (κ2) is 15.6. The molecule has 11 nitrogen and oxygen atoms in total. The standard InChI is InChI=1S/C36H49ClN4O7S/c1-7-41(22-27-30(26-18-12-13-19-28(26)37)49(45,46)40-36(27)20-14-9-15-21-36)31(42)29(24-47-23-25-16-10-8-11-17-25)38-32(43)35(5,6)39-33(44)48-34(2,3)4/h8,10-13,16-19,29,40H,7,9,14-15,20-24H2,1-6H3,(H,38,43)(H,39,44)/t29-/m1/s1. The van der Waals surface area contributed by atoms with Gasteiger partial charge in [-0.25, -0.2) is 17.9 Å². The lowest BCUT2D eigenvalue weighted by atomic mass is 9.76. The van der Waals surface area contributed by atoms with Crippen molar-refractivity contribution in [3.05, 3.63) is 76.3 Å². The van der Waals surface area contributed by atoms with Crippen LogP contribution in [0.15, 0.2) is 60.2 Å². The van der Waals surface area contributed by atoms with E-state index in [0.717, 1.165) is 24.8 Å². The number of nitrogens with zero attached hydrogens (tertiary/aromatic N) is 1. The molecule has 0 saturated heterocycles. The molecule has 0 unspecified atom stereocenters. The fourth-order valence-corrected chi connectivity index (χ4v) is 8.52. The number of carbonyl (C=O) groups is 3. The summed E-state index contributed by atoms with van der Waals surface area (Å²) in [5, 5.41) is 5.67. The molecular weight excluding hydrogens is 668 g/mol. The highest BCUT2D eigenvalue weighted by atomic mass is 35.5. The van der Waals surface area contributed by atoms with E-state index in [1.165, 1.54) is 18.7 Å². The lowest BCUT2D eigenvalue weighted by Crippen LogP contribution is -2.61. The normalized spacial score (nSPS) is 17.8. The van der Waals surface area contributed by atoms with E-state index in [1.807, 2.05) is 30.3 Å². The number of carbonyl (C=O) groups excluding carboxylic acids is 3. The summed E-state index contributed by atoms with van der Waals surface area (Å²) >= 11 is 6.58. The molecule has 1 fully saturated rings. The van der Waals surface area contributed by atoms with Crippen LogP contribution >= 0.6 is 11.6 Å². The van der Waals surface area contributed by atoms with Crippen LogP contribution in [0.3, 0.4) is 0 Å². The molecule has 0 radical (unpaired) electrons. The molecule has 268 valence electrons. The Morgan fingerprint density at radius 1 is 0.980 bits per heavy atom. The predicted octanol–water partition coefficient (Wildman–Crippen LogP) is 5.54. The summed E-state index contributed by atoms with van der Waals surface area (Å²) in [6, 6.07) is 15.1. The van der Waals surface area contributed by atoms with Crippen molar-refractivity contribution < 1.29 is 32.3 Å². The lowest BCUT2D eigenvalue weighted by Gasteiger charge is -2.38. The van der Waals surface area contributed by atoms with Gasteiger partial charge >= 0.3 is 6.09 Å². The quantitative estimate of drug-likeness (QED) is 0.262. The summed E-state index contributed by atoms with van der Waals surface area (Å²) in [7, 11) is -3.97. The largest absolute Gasteiger partial charge is 0.444 e. The second-order valence-electron chi connectivity index (χ2n) is 14.2. The summed E-state index contributed by atoms with van der Waals surface area (Å²) in [4.78, 5) is 42.3. The molecule has 0 bridgehead atoms. The highest BCUT2D eigenvalue weighted by Gasteiger charge is 2.50. The Morgan fingerprint density at radius 2 is 1.61 bits per heavy atom. The highest BCUT2D eigenvalue weighted by molar-refractivity contribution is 7.99. The first-order chi connectivity index (χ1) is 23.0. The molecule has 1 aliphatic heterocycles. The summed E-state index contributed by atoms with van der Waals surface area (Å²) < 4.78 is 41.9. The van der Waals surface area contributed by atoms with Gasteiger partial charge in [-0.15, -0.1) is 0 Å². The average molecular weight is 717 g/mol. The number of rotatable bonds is 12. The lowest BCUT2D eigenvalue weighted by molar-refractivity contribution is -0.139. The van der Waals surface area contributed by atoms with E-state index in [0.29, 0.717) is 29.0 Å². The minimum absolute atomic E-state index is 0.00722. The van der Waals surface area contributed by atoms with Gasteiger partial charge in [-0.05, 0) is 71.6 Å². The van der Waals surface area contributed by atoms with Gasteiger partial charge in [0.2, 0.25) is 21.8 Å². The van der Waals surface area contributed by atoms with Crippen molar-refractivity contribution in [2.24, 2.45) is 0 Å². The molecule has 2 aliphatic rings. The summed E-state index contributed by atoms with van der Waals surface area (Å²) in [5.74, 6) is -1.08. The van der Waals surface area contributed by atoms with Crippen LogP contribution in [0.4, 0.5) is 4.79 Å². The van der Waals surface area contributed by atoms with Gasteiger partial charge in [-0.1, -0.05) is 79.4 Å². The first-order valence-electron chi connectivity index (χ1n) is 16.7. The maximum atomic E-state index is 14.4. The van der Waals surface area contributed by atoms with Crippen LogP contribution in [-0.2, 0) is 35.7 Å². The topological polar surface area (TPSA) is 143 Å². The number of amides is 3. The fourth-order valence-electron chi connectivity index (χ4n) is 6.24. The van der Waals surface area contributed by atoms with Gasteiger partial charge in [-0.2, -0.15) is 0 Å². The molecule has 1 aliphatic carbocycles. The van der Waals surface area contributed by atoms with Gasteiger partial charge in [0.25, 0.3) is 0 Å². The molecule has 1 spiro atoms. The Kier molecular flexibility index (Phi) is 12.2. The van der Waals surface area contributed by atoms with Crippen molar-refractivity contribution in [2.45, 2.75) is 103 Å². The molecule has 3 N–H and O–H groups in total. The zero-order valence-electron chi connectivity index (χ0n) is 29.2. The van der Waals surface area contributed by atoms with Crippen LogP contribution in [-0.4, -0.2) is 73.6 Å². The maximum Gasteiger partial charge on any atom is 0.408 e. The van der Waals surface area contributed by atoms with E-state index in [9.17, 15) is 22.8 Å². The van der Waals surface area contributed by atoms with Crippen molar-refractivity contribution in [3.63, 3.8) is 0 Å². The summed E-state index contributed by atoms with van der Waals surface area (Å²) in [6.45, 7) is 10.2. The Labute approximate surface area is 295 Å². The van der Waals surface area contributed by atoms with Gasteiger partial charge in [0.1, 0.15) is 17.2 Å². The monoisotopic (exact) mass is 716 g/mol. The molecule has 2 aromatic carbocycles. The average Bonchev–Trinajstić information content (AvgIpc) is 3.22. The summed E-state index contributed by atoms with van der Waals surface area (Å²) in [6.07, 6.45) is 3.03. The zero-order valence-corrected chi connectivity index (χ0v) is 30.8. The number of sulfonamides is 1. The Morgan fingerprint density at radius 3 is 2.22 bits per heavy atom. The van der Waals surface area contributed by atoms with Crippen LogP contribution in [0.5, 0.6) is 0 Å². The Hall–Kier alpha value is -3.45. The third kappa shape index (κ3) is 9.62. The number of hydrogen-bond donors (Lipinski definition) is 3. The van der Waals surface area contributed by atoms with Gasteiger partial charge in [0.05, 0.1) is 23.7 Å². The highest BCUT2D eigenvalue weighted by Crippen LogP contribution is 2.47. The third-order valence-corrected chi connectivity index (χ3v) is 10.7. The number of nitrogens with one attached hydrogen (secondary N) is 3. The minimum Gasteiger partial charge on any atom is -0.444 e. The number of alkyl carbamates (subject to hydrolysis) is 1. The minimum atomic E-state index is -3.97. The molecule has 4 rings (SSSR count). The molecule has 1 saturated carbocycles. The Bertz CT molecular complexity index is 1650. The van der Waals surface area contributed by atoms with Crippen LogP contribution in [0.2, 0.25) is 5.02 Å². The number of halogens is 1. The van der Waals surface area contributed by atoms with Crippen LogP contribution in [0.1, 0.15) is 84.8 Å². The second-order valence-corrected chi connectivity index (χ2v) is 16.2. The molecule has 0 aromatic heterocycles.